The SMILES string of the molecule is Cn1ccn2c(CN)cnc12. The molecule has 58 valence electrons. The predicted molar refractivity (Wildman–Crippen MR) is 42.1 cm³/mol. The van der Waals surface area contributed by atoms with Gasteiger partial charge in [-0.25, -0.2) is 4.98 Å². The standard InChI is InChI=1S/C7H10N4/c1-10-2-3-11-6(4-8)5-9-7(10)11/h2-3,5H,4,8H2,1H3. The molecule has 2 heterocycles. The Labute approximate surface area is 64.3 Å². The maximum atomic E-state index is 5.50. The normalized spacial score (nSPS) is 11.1. The zero-order chi connectivity index (χ0) is 7.84. The Morgan fingerprint density at radius 3 is 3.09 bits per heavy atom. The van der Waals surface area contributed by atoms with Crippen molar-refractivity contribution in [3.05, 3.63) is 24.3 Å². The lowest BCUT2D eigenvalue weighted by Crippen LogP contribution is -1.98. The Morgan fingerprint density at radius 2 is 2.36 bits per heavy atom. The van der Waals surface area contributed by atoms with Crippen LogP contribution in [0, 0.1) is 0 Å². The van der Waals surface area contributed by atoms with Crippen molar-refractivity contribution in [3.8, 4) is 0 Å². The number of rotatable bonds is 1. The number of nitrogens with two attached hydrogens (primary N) is 1. The van der Waals surface area contributed by atoms with E-state index in [4.69, 9.17) is 5.73 Å². The van der Waals surface area contributed by atoms with Crippen LogP contribution in [0.1, 0.15) is 5.69 Å². The second kappa shape index (κ2) is 2.10. The minimum Gasteiger partial charge on any atom is -0.325 e. The van der Waals surface area contributed by atoms with Crippen molar-refractivity contribution in [2.75, 3.05) is 0 Å². The van der Waals surface area contributed by atoms with Gasteiger partial charge in [-0.05, 0) is 0 Å². The molecular weight excluding hydrogens is 140 g/mol. The van der Waals surface area contributed by atoms with Crippen molar-refractivity contribution in [2.24, 2.45) is 12.8 Å². The van der Waals surface area contributed by atoms with Crippen LogP contribution in [0.4, 0.5) is 0 Å². The molecule has 0 atom stereocenters. The maximum absolute atomic E-state index is 5.50. The third kappa shape index (κ3) is 0.760. The average Bonchev–Trinajstić information content (AvgIpc) is 2.53. The number of aryl methyl sites for hydroxylation is 1. The maximum Gasteiger partial charge on any atom is 0.213 e. The quantitative estimate of drug-likeness (QED) is 0.628. The first-order chi connectivity index (χ1) is 5.33. The van der Waals surface area contributed by atoms with Crippen molar-refractivity contribution in [1.82, 2.24) is 14.0 Å². The molecule has 0 saturated heterocycles. The van der Waals surface area contributed by atoms with Gasteiger partial charge < -0.3 is 10.3 Å². The topological polar surface area (TPSA) is 48.2 Å². The van der Waals surface area contributed by atoms with Gasteiger partial charge in [0.1, 0.15) is 0 Å². The van der Waals surface area contributed by atoms with Gasteiger partial charge in [0, 0.05) is 26.0 Å². The van der Waals surface area contributed by atoms with Crippen molar-refractivity contribution in [1.29, 1.82) is 0 Å². The van der Waals surface area contributed by atoms with Crippen LogP contribution in [0.3, 0.4) is 0 Å². The Kier molecular flexibility index (Phi) is 1.22. The summed E-state index contributed by atoms with van der Waals surface area (Å²) >= 11 is 0. The Morgan fingerprint density at radius 1 is 1.55 bits per heavy atom. The molecule has 0 radical (unpaired) electrons. The second-order valence-electron chi connectivity index (χ2n) is 2.53. The minimum absolute atomic E-state index is 0.533. The average molecular weight is 150 g/mol. The summed E-state index contributed by atoms with van der Waals surface area (Å²) in [6.07, 6.45) is 5.72. The monoisotopic (exact) mass is 150 g/mol. The number of imidazole rings is 2. The molecule has 0 saturated carbocycles. The molecule has 0 aromatic carbocycles. The van der Waals surface area contributed by atoms with E-state index in [1.807, 2.05) is 28.4 Å². The van der Waals surface area contributed by atoms with E-state index >= 15 is 0 Å². The van der Waals surface area contributed by atoms with Gasteiger partial charge >= 0.3 is 0 Å². The zero-order valence-corrected chi connectivity index (χ0v) is 6.36. The van der Waals surface area contributed by atoms with Gasteiger partial charge in [0.25, 0.3) is 0 Å². The number of hydrogen-bond donors (Lipinski definition) is 1. The van der Waals surface area contributed by atoms with E-state index in [9.17, 15) is 0 Å². The molecule has 2 aromatic heterocycles. The second-order valence-corrected chi connectivity index (χ2v) is 2.53. The Hall–Kier alpha value is -1.29. The number of fused-ring (bicyclic) bond motifs is 1. The van der Waals surface area contributed by atoms with Crippen LogP contribution in [-0.2, 0) is 13.6 Å². The van der Waals surface area contributed by atoms with Crippen molar-refractivity contribution >= 4 is 5.78 Å². The highest BCUT2D eigenvalue weighted by atomic mass is 15.2. The van der Waals surface area contributed by atoms with E-state index in [2.05, 4.69) is 4.98 Å². The van der Waals surface area contributed by atoms with Crippen molar-refractivity contribution < 1.29 is 0 Å². The first-order valence-corrected chi connectivity index (χ1v) is 3.50. The van der Waals surface area contributed by atoms with Crippen LogP contribution < -0.4 is 5.73 Å². The summed E-state index contributed by atoms with van der Waals surface area (Å²) in [6.45, 7) is 0.533. The summed E-state index contributed by atoms with van der Waals surface area (Å²) in [5, 5.41) is 0. The van der Waals surface area contributed by atoms with Gasteiger partial charge in [0.05, 0.1) is 11.9 Å². The van der Waals surface area contributed by atoms with E-state index in [-0.39, 0.29) is 0 Å². The molecule has 2 N–H and O–H groups in total. The molecule has 2 aromatic rings. The summed E-state index contributed by atoms with van der Waals surface area (Å²) in [4.78, 5) is 4.19. The lowest BCUT2D eigenvalue weighted by molar-refractivity contribution is 0.926. The molecule has 0 aliphatic rings. The summed E-state index contributed by atoms with van der Waals surface area (Å²) in [5.41, 5.74) is 6.54. The molecule has 0 bridgehead atoms. The summed E-state index contributed by atoms with van der Waals surface area (Å²) in [6, 6.07) is 0. The fourth-order valence-electron chi connectivity index (χ4n) is 1.19. The van der Waals surface area contributed by atoms with Crippen LogP contribution in [0.15, 0.2) is 18.6 Å². The van der Waals surface area contributed by atoms with Crippen LogP contribution in [-0.4, -0.2) is 14.0 Å². The third-order valence-electron chi connectivity index (χ3n) is 1.82. The molecule has 11 heavy (non-hydrogen) atoms. The van der Waals surface area contributed by atoms with E-state index in [1.165, 1.54) is 0 Å². The van der Waals surface area contributed by atoms with Crippen molar-refractivity contribution in [2.45, 2.75) is 6.54 Å². The summed E-state index contributed by atoms with van der Waals surface area (Å²) < 4.78 is 3.94. The molecule has 0 aliphatic heterocycles. The van der Waals surface area contributed by atoms with E-state index in [1.54, 1.807) is 6.20 Å². The van der Waals surface area contributed by atoms with Crippen LogP contribution in [0.5, 0.6) is 0 Å². The lowest BCUT2D eigenvalue weighted by atomic mass is 10.5. The van der Waals surface area contributed by atoms with Gasteiger partial charge in [-0.1, -0.05) is 0 Å². The van der Waals surface area contributed by atoms with Gasteiger partial charge in [0.2, 0.25) is 5.78 Å². The fraction of sp³-hybridized carbons (Fsp3) is 0.286. The molecule has 0 aliphatic carbocycles. The third-order valence-corrected chi connectivity index (χ3v) is 1.82. The number of nitrogens with zero attached hydrogens (tertiary/aromatic N) is 3. The molecule has 0 unspecified atom stereocenters. The van der Waals surface area contributed by atoms with E-state index in [0.29, 0.717) is 6.54 Å². The first kappa shape index (κ1) is 6.42. The smallest absolute Gasteiger partial charge is 0.213 e. The van der Waals surface area contributed by atoms with E-state index in [0.717, 1.165) is 11.5 Å². The molecular formula is C7H10N4. The lowest BCUT2D eigenvalue weighted by Gasteiger charge is -1.90. The largest absolute Gasteiger partial charge is 0.325 e. The molecule has 2 rings (SSSR count). The van der Waals surface area contributed by atoms with Crippen molar-refractivity contribution in [3.63, 3.8) is 0 Å². The van der Waals surface area contributed by atoms with Gasteiger partial charge in [-0.2, -0.15) is 0 Å². The highest BCUT2D eigenvalue weighted by Gasteiger charge is 2.02. The highest BCUT2D eigenvalue weighted by Crippen LogP contribution is 2.05. The molecule has 0 amide bonds. The summed E-state index contributed by atoms with van der Waals surface area (Å²) in [7, 11) is 1.96. The first-order valence-electron chi connectivity index (χ1n) is 3.50. The molecule has 4 nitrogen and oxygen atoms in total. The van der Waals surface area contributed by atoms with Crippen LogP contribution in [0.25, 0.3) is 5.78 Å². The highest BCUT2D eigenvalue weighted by molar-refractivity contribution is 5.32. The molecule has 0 spiro atoms. The Bertz CT molecular complexity index is 371. The minimum atomic E-state index is 0.533. The van der Waals surface area contributed by atoms with E-state index < -0.39 is 0 Å². The molecule has 0 fully saturated rings. The fourth-order valence-corrected chi connectivity index (χ4v) is 1.19. The van der Waals surface area contributed by atoms with Gasteiger partial charge in [-0.15, -0.1) is 0 Å². The number of aromatic nitrogens is 3. The summed E-state index contributed by atoms with van der Waals surface area (Å²) in [5.74, 6) is 0.936. The number of hydrogen-bond acceptors (Lipinski definition) is 2. The molecule has 4 heteroatoms. The Balaban J connectivity index is 2.77. The zero-order valence-electron chi connectivity index (χ0n) is 6.36. The van der Waals surface area contributed by atoms with Gasteiger partial charge in [0.15, 0.2) is 0 Å². The van der Waals surface area contributed by atoms with Crippen LogP contribution in [0.2, 0.25) is 0 Å². The van der Waals surface area contributed by atoms with Crippen LogP contribution >= 0.6 is 0 Å². The van der Waals surface area contributed by atoms with Gasteiger partial charge in [-0.3, -0.25) is 4.40 Å². The predicted octanol–water partition coefficient (Wildman–Crippen LogP) is 0.131.